The lowest BCUT2D eigenvalue weighted by Crippen LogP contribution is -2.47. The number of carbonyl (C=O) groups is 2. The van der Waals surface area contributed by atoms with Crippen LogP contribution in [0.4, 0.5) is 18.9 Å². The van der Waals surface area contributed by atoms with Gasteiger partial charge in [0.15, 0.2) is 0 Å². The van der Waals surface area contributed by atoms with E-state index in [-0.39, 0.29) is 12.5 Å². The summed E-state index contributed by atoms with van der Waals surface area (Å²) < 4.78 is 32.9. The largest absolute Gasteiger partial charge is 0.278 e. The Balaban J connectivity index is 0.000000595. The number of hydrogen-bond acceptors (Lipinski definition) is 3. The van der Waals surface area contributed by atoms with Crippen LogP contribution in [0, 0.1) is 6.92 Å². The number of benzene rings is 1. The molecule has 0 N–H and O–H groups in total. The van der Waals surface area contributed by atoms with Crippen LogP contribution in [0.2, 0.25) is 5.02 Å². The summed E-state index contributed by atoms with van der Waals surface area (Å²) in [5.74, 6) is -1.87. The Hall–Kier alpha value is -2.35. The van der Waals surface area contributed by atoms with Gasteiger partial charge in [-0.25, -0.2) is 13.7 Å². The maximum Gasteiger partial charge on any atom is 0.269 e. The molecule has 23 heavy (non-hydrogen) atoms. The van der Waals surface area contributed by atoms with Crippen molar-refractivity contribution in [2.75, 3.05) is 18.4 Å². The van der Waals surface area contributed by atoms with Gasteiger partial charge in [0.2, 0.25) is 18.8 Å². The smallest absolute Gasteiger partial charge is 0.269 e. The van der Waals surface area contributed by atoms with Gasteiger partial charge in [-0.3, -0.25) is 14.5 Å². The monoisotopic (exact) mass is 345 g/mol. The number of carbonyl (C=O) groups excluding carboxylic acids is 2. The highest BCUT2D eigenvalue weighted by molar-refractivity contribution is 6.31. The molecule has 3 rings (SSSR count). The first-order valence-corrected chi connectivity index (χ1v) is 6.75. The highest BCUT2D eigenvalue weighted by atomic mass is 35.5. The van der Waals surface area contributed by atoms with Crippen molar-refractivity contribution < 1.29 is 22.8 Å². The van der Waals surface area contributed by atoms with E-state index in [0.29, 0.717) is 10.7 Å². The van der Waals surface area contributed by atoms with Gasteiger partial charge in [-0.15, -0.1) is 0 Å². The predicted molar refractivity (Wildman–Crippen MR) is 79.1 cm³/mol. The highest BCUT2D eigenvalue weighted by Gasteiger charge is 2.38. The molecule has 0 radical (unpaired) electrons. The number of amides is 2. The normalized spacial score (nSPS) is 16.6. The molecule has 0 unspecified atom stereocenters. The second-order valence-corrected chi connectivity index (χ2v) is 4.97. The van der Waals surface area contributed by atoms with E-state index in [1.165, 1.54) is 4.90 Å². The van der Waals surface area contributed by atoms with Crippen LogP contribution in [0.25, 0.3) is 0 Å². The zero-order valence-corrected chi connectivity index (χ0v) is 12.6. The van der Waals surface area contributed by atoms with E-state index < -0.39 is 24.7 Å². The maximum atomic E-state index is 13.7. The van der Waals surface area contributed by atoms with Crippen LogP contribution >= 0.6 is 11.6 Å². The number of hydrogen-bond donors (Lipinski definition) is 0. The average molecular weight is 346 g/mol. The predicted octanol–water partition coefficient (Wildman–Crippen LogP) is 2.89. The number of aryl methyl sites for hydroxylation is 1. The van der Waals surface area contributed by atoms with Gasteiger partial charge in [-0.1, -0.05) is 11.6 Å². The summed E-state index contributed by atoms with van der Waals surface area (Å²) in [6.45, 7) is -0.163. The molecule has 2 aliphatic rings. The Morgan fingerprint density at radius 3 is 2.57 bits per heavy atom. The van der Waals surface area contributed by atoms with Crippen LogP contribution in [-0.2, 0) is 9.59 Å². The van der Waals surface area contributed by atoms with Crippen molar-refractivity contribution in [3.05, 3.63) is 40.8 Å². The van der Waals surface area contributed by atoms with Gasteiger partial charge in [-0.05, 0) is 30.7 Å². The number of nitrogens with zero attached hydrogens (tertiary/aromatic N) is 3. The lowest BCUT2D eigenvalue weighted by atomic mass is 10.2. The topological polar surface area (TPSA) is 53.0 Å². The third-order valence-electron chi connectivity index (χ3n) is 3.08. The Kier molecular flexibility index (Phi) is 5.05. The van der Waals surface area contributed by atoms with Gasteiger partial charge in [0.25, 0.3) is 11.8 Å². The van der Waals surface area contributed by atoms with Crippen molar-refractivity contribution in [3.8, 4) is 0 Å². The third kappa shape index (κ3) is 3.37. The average Bonchev–Trinajstić information content (AvgIpc) is 2.85. The number of halogens is 4. The molecule has 0 saturated heterocycles. The minimum absolute atomic E-state index is 0.0123. The Bertz CT molecular complexity index is 721. The molecule has 0 aliphatic carbocycles. The highest BCUT2D eigenvalue weighted by Crippen LogP contribution is 2.29. The van der Waals surface area contributed by atoms with Crippen LogP contribution in [0.5, 0.6) is 0 Å². The summed E-state index contributed by atoms with van der Waals surface area (Å²) in [6.07, 6.45) is 0.835. The first-order chi connectivity index (χ1) is 10.9. The van der Waals surface area contributed by atoms with Crippen molar-refractivity contribution >= 4 is 35.1 Å². The number of rotatable bonds is 1. The molecule has 0 fully saturated rings. The summed E-state index contributed by atoms with van der Waals surface area (Å²) in [7, 11) is 0. The van der Waals surface area contributed by atoms with E-state index in [1.54, 1.807) is 25.1 Å². The molecule has 5 nitrogen and oxygen atoms in total. The fourth-order valence-electron chi connectivity index (χ4n) is 2.11. The second kappa shape index (κ2) is 6.82. The summed E-state index contributed by atoms with van der Waals surface area (Å²) in [5, 5.41) is 0.557. The molecule has 1 aromatic rings. The fourth-order valence-corrected chi connectivity index (χ4v) is 2.23. The lowest BCUT2D eigenvalue weighted by molar-refractivity contribution is -0.117. The molecule has 0 atom stereocenters. The van der Waals surface area contributed by atoms with Crippen LogP contribution < -0.4 is 4.90 Å². The second-order valence-electron chi connectivity index (χ2n) is 4.57. The van der Waals surface area contributed by atoms with Gasteiger partial charge in [0.05, 0.1) is 11.8 Å². The molecule has 9 heteroatoms. The molecule has 0 saturated carbocycles. The molecule has 2 aliphatic heterocycles. The maximum absolute atomic E-state index is 13.7. The van der Waals surface area contributed by atoms with Crippen molar-refractivity contribution in [1.82, 2.24) is 4.90 Å². The Labute approximate surface area is 134 Å². The van der Waals surface area contributed by atoms with E-state index in [1.807, 2.05) is 0 Å². The number of anilines is 1. The summed E-state index contributed by atoms with van der Waals surface area (Å²) in [4.78, 5) is 29.4. The molecule has 2 heterocycles. The number of guanidine groups is 1. The molecule has 122 valence electrons. The van der Waals surface area contributed by atoms with E-state index >= 15 is 0 Å². The van der Waals surface area contributed by atoms with E-state index in [4.69, 9.17) is 11.6 Å². The SMILES string of the molecule is Cc1cc(N2C(=O)C=C(F)N3CC(=O)N=C32)ccc1Cl.FCF. The number of alkyl halides is 2. The standard InChI is InChI=1S/C13H9ClFN3O2.CH2F2/c1-7-4-8(2-3-9(7)14)18-12(20)5-10(15)17-6-11(19)16-13(17)18;2-1-3/h2-5H,6H2,1H3;1H2. The van der Waals surface area contributed by atoms with E-state index in [9.17, 15) is 22.8 Å². The molecule has 0 spiro atoms. The van der Waals surface area contributed by atoms with Gasteiger partial charge in [0.1, 0.15) is 6.54 Å². The summed E-state index contributed by atoms with van der Waals surface area (Å²) in [6, 6.07) is 4.93. The van der Waals surface area contributed by atoms with E-state index in [0.717, 1.165) is 16.5 Å². The van der Waals surface area contributed by atoms with Gasteiger partial charge in [0, 0.05) is 5.02 Å². The van der Waals surface area contributed by atoms with Crippen molar-refractivity contribution in [2.24, 2.45) is 4.99 Å². The first-order valence-electron chi connectivity index (χ1n) is 6.37. The van der Waals surface area contributed by atoms with Gasteiger partial charge >= 0.3 is 0 Å². The van der Waals surface area contributed by atoms with Crippen molar-refractivity contribution in [2.45, 2.75) is 6.92 Å². The summed E-state index contributed by atoms with van der Waals surface area (Å²) in [5.41, 5.74) is 1.25. The molecule has 1 aromatic carbocycles. The fraction of sp³-hybridized carbons (Fsp3) is 0.214. The van der Waals surface area contributed by atoms with Crippen molar-refractivity contribution in [1.29, 1.82) is 0 Å². The Morgan fingerprint density at radius 1 is 1.30 bits per heavy atom. The minimum atomic E-state index is -1.75. The first kappa shape index (κ1) is 17.0. The zero-order chi connectivity index (χ0) is 17.1. The van der Waals surface area contributed by atoms with Crippen LogP contribution in [0.3, 0.4) is 0 Å². The van der Waals surface area contributed by atoms with Crippen LogP contribution in [0.15, 0.2) is 35.2 Å². The van der Waals surface area contributed by atoms with Gasteiger partial charge in [-0.2, -0.15) is 9.38 Å². The van der Waals surface area contributed by atoms with Gasteiger partial charge < -0.3 is 0 Å². The lowest BCUT2D eigenvalue weighted by Gasteiger charge is -2.30. The van der Waals surface area contributed by atoms with Crippen LogP contribution in [0.1, 0.15) is 5.56 Å². The third-order valence-corrected chi connectivity index (χ3v) is 3.50. The van der Waals surface area contributed by atoms with Crippen molar-refractivity contribution in [3.63, 3.8) is 0 Å². The number of fused-ring (bicyclic) bond motifs is 1. The van der Waals surface area contributed by atoms with E-state index in [2.05, 4.69) is 4.99 Å². The quantitative estimate of drug-likeness (QED) is 0.735. The molecular formula is C14H11ClF3N3O2. The minimum Gasteiger partial charge on any atom is -0.278 e. The van der Waals surface area contributed by atoms with Crippen LogP contribution in [-0.4, -0.2) is 36.1 Å². The molecule has 0 bridgehead atoms. The Morgan fingerprint density at radius 2 is 1.96 bits per heavy atom. The summed E-state index contributed by atoms with van der Waals surface area (Å²) >= 11 is 5.94. The number of aliphatic imine (C=N–C) groups is 1. The molecule has 0 aromatic heterocycles. The molecule has 2 amide bonds. The zero-order valence-electron chi connectivity index (χ0n) is 11.9. The molecular weight excluding hydrogens is 335 g/mol.